The van der Waals surface area contributed by atoms with Crippen molar-refractivity contribution in [3.63, 3.8) is 0 Å². The number of rotatable bonds is 5. The third kappa shape index (κ3) is 3.08. The molecule has 100 valence electrons. The maximum atomic E-state index is 12.0. The number of pyridine rings is 1. The maximum Gasteiger partial charge on any atom is 0.281 e. The molecule has 0 fully saturated rings. The van der Waals surface area contributed by atoms with E-state index in [0.29, 0.717) is 5.65 Å². The third-order valence-corrected chi connectivity index (χ3v) is 2.49. The molecule has 2 aromatic heterocycles. The summed E-state index contributed by atoms with van der Waals surface area (Å²) in [6.45, 7) is 0.0250. The molecule has 0 bridgehead atoms. The smallest absolute Gasteiger partial charge is 0.281 e. The van der Waals surface area contributed by atoms with Crippen LogP contribution >= 0.6 is 0 Å². The van der Waals surface area contributed by atoms with Gasteiger partial charge in [0.2, 0.25) is 5.91 Å². The Morgan fingerprint density at radius 1 is 1.42 bits per heavy atom. The zero-order valence-electron chi connectivity index (χ0n) is 10.2. The molecule has 2 rings (SSSR count). The van der Waals surface area contributed by atoms with Gasteiger partial charge in [-0.2, -0.15) is 0 Å². The minimum atomic E-state index is -0.299. The van der Waals surface area contributed by atoms with Gasteiger partial charge in [0.1, 0.15) is 11.3 Å². The molecule has 19 heavy (non-hydrogen) atoms. The van der Waals surface area contributed by atoms with E-state index in [4.69, 9.17) is 5.11 Å². The second kappa shape index (κ2) is 5.96. The fourth-order valence-corrected chi connectivity index (χ4v) is 1.58. The van der Waals surface area contributed by atoms with Gasteiger partial charge in [0.15, 0.2) is 0 Å². The van der Waals surface area contributed by atoms with Crippen LogP contribution in [0.25, 0.3) is 5.65 Å². The van der Waals surface area contributed by atoms with Gasteiger partial charge in [0, 0.05) is 12.7 Å². The van der Waals surface area contributed by atoms with Gasteiger partial charge in [-0.15, -0.1) is 0 Å². The number of carbonyl (C=O) groups is 1. The molecular weight excluding hydrogens is 248 g/mol. The Hall–Kier alpha value is -2.41. The SMILES string of the molecule is O=C(CNc1cnc2ccccn2c1=O)NCCO. The molecule has 0 atom stereocenters. The van der Waals surface area contributed by atoms with Crippen LogP contribution in [0.15, 0.2) is 35.4 Å². The van der Waals surface area contributed by atoms with Crippen LogP contribution in [0, 0.1) is 0 Å². The quantitative estimate of drug-likeness (QED) is 0.656. The number of aliphatic hydroxyl groups is 1. The molecule has 0 saturated heterocycles. The topological polar surface area (TPSA) is 95.7 Å². The van der Waals surface area contributed by atoms with Crippen molar-refractivity contribution < 1.29 is 9.90 Å². The highest BCUT2D eigenvalue weighted by atomic mass is 16.3. The predicted molar refractivity (Wildman–Crippen MR) is 70.0 cm³/mol. The molecule has 0 aliphatic carbocycles. The van der Waals surface area contributed by atoms with E-state index in [-0.39, 0.29) is 36.9 Å². The summed E-state index contributed by atoms with van der Waals surface area (Å²) in [5.41, 5.74) is 0.534. The number of aliphatic hydroxyl groups excluding tert-OH is 1. The second-order valence-electron chi connectivity index (χ2n) is 3.83. The fraction of sp³-hybridized carbons (Fsp3) is 0.250. The van der Waals surface area contributed by atoms with Crippen LogP contribution in [0.1, 0.15) is 0 Å². The van der Waals surface area contributed by atoms with Crippen molar-refractivity contribution in [2.24, 2.45) is 0 Å². The first kappa shape index (κ1) is 13.0. The average molecular weight is 262 g/mol. The van der Waals surface area contributed by atoms with Crippen LogP contribution in [0.5, 0.6) is 0 Å². The van der Waals surface area contributed by atoms with Gasteiger partial charge in [-0.25, -0.2) is 4.98 Å². The van der Waals surface area contributed by atoms with Crippen molar-refractivity contribution in [1.29, 1.82) is 0 Å². The molecule has 0 spiro atoms. The van der Waals surface area contributed by atoms with Gasteiger partial charge >= 0.3 is 0 Å². The van der Waals surface area contributed by atoms with Crippen LogP contribution in [-0.4, -0.2) is 40.1 Å². The van der Waals surface area contributed by atoms with Crippen LogP contribution < -0.4 is 16.2 Å². The second-order valence-corrected chi connectivity index (χ2v) is 3.83. The lowest BCUT2D eigenvalue weighted by molar-refractivity contribution is -0.119. The molecule has 0 radical (unpaired) electrons. The number of carbonyl (C=O) groups excluding carboxylic acids is 1. The number of fused-ring (bicyclic) bond motifs is 1. The Kier molecular flexibility index (Phi) is 4.09. The lowest BCUT2D eigenvalue weighted by Gasteiger charge is -2.07. The summed E-state index contributed by atoms with van der Waals surface area (Å²) in [7, 11) is 0. The van der Waals surface area contributed by atoms with E-state index < -0.39 is 0 Å². The van der Waals surface area contributed by atoms with E-state index in [1.54, 1.807) is 24.4 Å². The monoisotopic (exact) mass is 262 g/mol. The summed E-state index contributed by atoms with van der Waals surface area (Å²) in [5.74, 6) is -0.299. The van der Waals surface area contributed by atoms with Crippen molar-refractivity contribution >= 4 is 17.2 Å². The highest BCUT2D eigenvalue weighted by Gasteiger charge is 2.05. The van der Waals surface area contributed by atoms with Gasteiger partial charge < -0.3 is 15.7 Å². The summed E-state index contributed by atoms with van der Waals surface area (Å²) in [5, 5.41) is 13.8. The van der Waals surface area contributed by atoms with Crippen molar-refractivity contribution in [2.75, 3.05) is 25.0 Å². The zero-order chi connectivity index (χ0) is 13.7. The number of hydrogen-bond donors (Lipinski definition) is 3. The minimum Gasteiger partial charge on any atom is -0.395 e. The van der Waals surface area contributed by atoms with Crippen LogP contribution in [0.3, 0.4) is 0 Å². The highest BCUT2D eigenvalue weighted by molar-refractivity contribution is 5.80. The molecule has 0 unspecified atom stereocenters. The molecule has 7 nitrogen and oxygen atoms in total. The summed E-state index contributed by atoms with van der Waals surface area (Å²) in [6.07, 6.45) is 3.01. The zero-order valence-corrected chi connectivity index (χ0v) is 10.2. The van der Waals surface area contributed by atoms with Crippen LogP contribution in [-0.2, 0) is 4.79 Å². The Morgan fingerprint density at radius 2 is 2.26 bits per heavy atom. The molecular formula is C12H14N4O3. The minimum absolute atomic E-state index is 0.0458. The van der Waals surface area contributed by atoms with E-state index >= 15 is 0 Å². The third-order valence-electron chi connectivity index (χ3n) is 2.49. The molecule has 2 aromatic rings. The standard InChI is InChI=1S/C12H14N4O3/c17-6-4-13-11(18)8-14-9-7-15-10-3-1-2-5-16(10)12(9)19/h1-3,5,7,14,17H,4,6,8H2,(H,13,18). The number of anilines is 1. The van der Waals surface area contributed by atoms with E-state index in [0.717, 1.165) is 0 Å². The summed E-state index contributed by atoms with van der Waals surface area (Å²) in [4.78, 5) is 27.5. The first-order chi connectivity index (χ1) is 9.22. The van der Waals surface area contributed by atoms with Gasteiger partial charge in [-0.1, -0.05) is 6.07 Å². The average Bonchev–Trinajstić information content (AvgIpc) is 2.44. The summed E-state index contributed by atoms with van der Waals surface area (Å²) in [6, 6.07) is 5.24. The number of nitrogens with one attached hydrogen (secondary N) is 2. The molecule has 0 aliphatic rings. The number of nitrogens with zero attached hydrogens (tertiary/aromatic N) is 2. The predicted octanol–water partition coefficient (Wildman–Crippen LogP) is -0.785. The fourth-order valence-electron chi connectivity index (χ4n) is 1.58. The Bertz CT molecular complexity index is 638. The van der Waals surface area contributed by atoms with Gasteiger partial charge in [-0.05, 0) is 12.1 Å². The van der Waals surface area contributed by atoms with Crippen LogP contribution in [0.2, 0.25) is 0 Å². The Labute approximate surface area is 108 Å². The molecule has 3 N–H and O–H groups in total. The van der Waals surface area contributed by atoms with E-state index in [1.165, 1.54) is 10.6 Å². The van der Waals surface area contributed by atoms with Crippen LogP contribution in [0.4, 0.5) is 5.69 Å². The number of hydrogen-bond acceptors (Lipinski definition) is 5. The Balaban J connectivity index is 2.11. The van der Waals surface area contributed by atoms with E-state index in [1.807, 2.05) is 0 Å². The number of amides is 1. The largest absolute Gasteiger partial charge is 0.395 e. The van der Waals surface area contributed by atoms with Gasteiger partial charge in [0.25, 0.3) is 5.56 Å². The molecule has 7 heteroatoms. The van der Waals surface area contributed by atoms with Crippen molar-refractivity contribution in [1.82, 2.24) is 14.7 Å². The molecule has 0 aliphatic heterocycles. The highest BCUT2D eigenvalue weighted by Crippen LogP contribution is 2.00. The first-order valence-electron chi connectivity index (χ1n) is 5.80. The van der Waals surface area contributed by atoms with Crippen molar-refractivity contribution in [2.45, 2.75) is 0 Å². The lowest BCUT2D eigenvalue weighted by atomic mass is 10.4. The van der Waals surface area contributed by atoms with E-state index in [9.17, 15) is 9.59 Å². The first-order valence-corrected chi connectivity index (χ1v) is 5.80. The van der Waals surface area contributed by atoms with Gasteiger partial charge in [-0.3, -0.25) is 14.0 Å². The van der Waals surface area contributed by atoms with Gasteiger partial charge in [0.05, 0.1) is 19.3 Å². The number of aromatic nitrogens is 2. The maximum absolute atomic E-state index is 12.0. The molecule has 0 saturated carbocycles. The lowest BCUT2D eigenvalue weighted by Crippen LogP contribution is -2.33. The summed E-state index contributed by atoms with van der Waals surface area (Å²) < 4.78 is 1.40. The Morgan fingerprint density at radius 3 is 3.05 bits per heavy atom. The van der Waals surface area contributed by atoms with Crippen molar-refractivity contribution in [3.05, 3.63) is 40.9 Å². The van der Waals surface area contributed by atoms with Crippen molar-refractivity contribution in [3.8, 4) is 0 Å². The molecule has 2 heterocycles. The molecule has 0 aromatic carbocycles. The summed E-state index contributed by atoms with van der Waals surface area (Å²) >= 11 is 0. The normalized spacial score (nSPS) is 10.4. The molecule has 1 amide bonds. The van der Waals surface area contributed by atoms with E-state index in [2.05, 4.69) is 15.6 Å².